The predicted octanol–water partition coefficient (Wildman–Crippen LogP) is -3.33. The van der Waals surface area contributed by atoms with Crippen molar-refractivity contribution in [3.05, 3.63) is 0 Å². The van der Waals surface area contributed by atoms with Crippen molar-refractivity contribution in [2.24, 2.45) is 0 Å². The summed E-state index contributed by atoms with van der Waals surface area (Å²) >= 11 is 0. The van der Waals surface area contributed by atoms with Crippen molar-refractivity contribution in [1.29, 1.82) is 0 Å². The smallest absolute Gasteiger partial charge is 0.326 e. The Bertz CT molecular complexity index is 803. The van der Waals surface area contributed by atoms with E-state index in [1.165, 1.54) is 4.90 Å². The second kappa shape index (κ2) is 16.7. The molecule has 0 heterocycles. The van der Waals surface area contributed by atoms with E-state index in [0.717, 1.165) is 9.80 Å². The average Bonchev–Trinajstić information content (AvgIpc) is 2.70. The lowest BCUT2D eigenvalue weighted by Crippen LogP contribution is -2.49. The molecule has 0 bridgehead atoms. The predicted molar refractivity (Wildman–Crippen MR) is 116 cm³/mol. The van der Waals surface area contributed by atoms with Gasteiger partial charge in [0, 0.05) is 32.6 Å². The zero-order valence-corrected chi connectivity index (χ0v) is 19.2. The minimum Gasteiger partial charge on any atom is -0.481 e. The lowest BCUT2D eigenvalue weighted by Gasteiger charge is -2.27. The molecule has 0 saturated carbocycles. The quantitative estimate of drug-likeness (QED) is 0.0776. The van der Waals surface area contributed by atoms with Gasteiger partial charge in [0.1, 0.15) is 6.04 Å². The summed E-state index contributed by atoms with van der Waals surface area (Å²) in [4.78, 5) is 81.8. The molecule has 0 aliphatic heterocycles. The topological polar surface area (TPSA) is 263 Å². The van der Waals surface area contributed by atoms with Crippen molar-refractivity contribution in [1.82, 2.24) is 20.0 Å². The van der Waals surface area contributed by atoms with Gasteiger partial charge in [-0.2, -0.15) is 0 Å². The summed E-state index contributed by atoms with van der Waals surface area (Å²) < 4.78 is 0. The molecule has 204 valence electrons. The van der Waals surface area contributed by atoms with Crippen molar-refractivity contribution in [2.45, 2.75) is 18.9 Å². The molecular weight excluding hydrogens is 492 g/mol. The van der Waals surface area contributed by atoms with Crippen LogP contribution in [0.15, 0.2) is 0 Å². The van der Waals surface area contributed by atoms with Gasteiger partial charge in [0.15, 0.2) is 0 Å². The van der Waals surface area contributed by atoms with E-state index < -0.39 is 93.3 Å². The molecule has 36 heavy (non-hydrogen) atoms. The second-order valence-corrected chi connectivity index (χ2v) is 7.66. The van der Waals surface area contributed by atoms with Gasteiger partial charge in [-0.15, -0.1) is 0 Å². The summed E-state index contributed by atoms with van der Waals surface area (Å²) in [5, 5.41) is 56.0. The molecule has 0 aromatic carbocycles. The van der Waals surface area contributed by atoms with Gasteiger partial charge in [-0.3, -0.25) is 43.5 Å². The number of carbonyl (C=O) groups is 7. The SMILES string of the molecule is O=C(O)CC[C@H](NC(=O)CN(CCN(CCN(CC(=O)O)CC(=O)O)CC(=O)O)CC(=O)O)C(=O)O. The number of rotatable bonds is 21. The number of aliphatic carboxylic acids is 6. The fourth-order valence-corrected chi connectivity index (χ4v) is 3.00. The molecule has 0 spiro atoms. The third kappa shape index (κ3) is 16.7. The average molecular weight is 522 g/mol. The molecule has 0 aliphatic rings. The van der Waals surface area contributed by atoms with Crippen LogP contribution in [0.3, 0.4) is 0 Å². The number of nitrogens with zero attached hydrogens (tertiary/aromatic N) is 3. The highest BCUT2D eigenvalue weighted by molar-refractivity contribution is 5.85. The standard InChI is InChI=1S/C19H30N4O13/c24-13(20-12(19(35)36)1-2-14(25)26)7-22(9-16(29)30)5-3-21(8-15(27)28)4-6-23(10-17(31)32)11-18(33)34/h12H,1-11H2,(H,20,24)(H,25,26)(H,27,28)(H,29,30)(H,31,32)(H,33,34)(H,35,36)/t12-/m0/s1. The Kier molecular flexibility index (Phi) is 15.0. The van der Waals surface area contributed by atoms with Crippen molar-refractivity contribution in [3.63, 3.8) is 0 Å². The van der Waals surface area contributed by atoms with Crippen LogP contribution in [0.2, 0.25) is 0 Å². The molecule has 0 unspecified atom stereocenters. The van der Waals surface area contributed by atoms with Crippen LogP contribution in [0.25, 0.3) is 0 Å². The van der Waals surface area contributed by atoms with Crippen LogP contribution >= 0.6 is 0 Å². The summed E-state index contributed by atoms with van der Waals surface area (Å²) in [5.74, 6) is -8.81. The van der Waals surface area contributed by atoms with E-state index in [2.05, 4.69) is 5.32 Å². The molecule has 17 heteroatoms. The second-order valence-electron chi connectivity index (χ2n) is 7.66. The lowest BCUT2D eigenvalue weighted by molar-refractivity contribution is -0.144. The van der Waals surface area contributed by atoms with Crippen molar-refractivity contribution >= 4 is 41.7 Å². The Balaban J connectivity index is 5.19. The summed E-state index contributed by atoms with van der Waals surface area (Å²) in [6.45, 7) is -3.50. The van der Waals surface area contributed by atoms with E-state index in [1.807, 2.05) is 0 Å². The number of carboxylic acid groups (broad SMARTS) is 6. The number of hydrogen-bond donors (Lipinski definition) is 7. The minimum absolute atomic E-state index is 0.0871. The van der Waals surface area contributed by atoms with Crippen LogP contribution in [-0.2, 0) is 33.6 Å². The highest BCUT2D eigenvalue weighted by Gasteiger charge is 2.23. The van der Waals surface area contributed by atoms with Crippen molar-refractivity contribution < 1.29 is 64.2 Å². The van der Waals surface area contributed by atoms with Crippen LogP contribution in [-0.4, -0.2) is 152 Å². The highest BCUT2D eigenvalue weighted by Crippen LogP contribution is 2.00. The van der Waals surface area contributed by atoms with E-state index in [4.69, 9.17) is 30.6 Å². The van der Waals surface area contributed by atoms with E-state index in [1.54, 1.807) is 0 Å². The molecule has 7 N–H and O–H groups in total. The van der Waals surface area contributed by atoms with E-state index in [0.29, 0.717) is 0 Å². The molecule has 17 nitrogen and oxygen atoms in total. The van der Waals surface area contributed by atoms with Crippen molar-refractivity contribution in [3.8, 4) is 0 Å². The van der Waals surface area contributed by atoms with Crippen LogP contribution in [0.1, 0.15) is 12.8 Å². The molecule has 0 aromatic heterocycles. The molecule has 0 radical (unpaired) electrons. The first-order valence-corrected chi connectivity index (χ1v) is 10.5. The highest BCUT2D eigenvalue weighted by atomic mass is 16.4. The minimum atomic E-state index is -1.52. The van der Waals surface area contributed by atoms with E-state index in [9.17, 15) is 33.6 Å². The summed E-state index contributed by atoms with van der Waals surface area (Å²) in [7, 11) is 0. The Morgan fingerprint density at radius 3 is 1.25 bits per heavy atom. The maximum atomic E-state index is 12.3. The summed E-state index contributed by atoms with van der Waals surface area (Å²) in [6.07, 6.45) is -0.925. The Morgan fingerprint density at radius 1 is 0.528 bits per heavy atom. The number of amides is 1. The molecule has 1 atom stereocenters. The summed E-state index contributed by atoms with van der Waals surface area (Å²) in [5.41, 5.74) is 0. The van der Waals surface area contributed by atoms with Gasteiger partial charge in [0.05, 0.1) is 32.7 Å². The monoisotopic (exact) mass is 522 g/mol. The Morgan fingerprint density at radius 2 is 0.889 bits per heavy atom. The van der Waals surface area contributed by atoms with Crippen LogP contribution in [0, 0.1) is 0 Å². The molecule has 0 fully saturated rings. The van der Waals surface area contributed by atoms with Gasteiger partial charge in [-0.05, 0) is 6.42 Å². The molecule has 0 rings (SSSR count). The number of nitrogens with one attached hydrogen (secondary N) is 1. The first-order valence-electron chi connectivity index (χ1n) is 10.5. The van der Waals surface area contributed by atoms with Crippen molar-refractivity contribution in [2.75, 3.05) is 58.9 Å². The van der Waals surface area contributed by atoms with Gasteiger partial charge in [-0.1, -0.05) is 0 Å². The molecule has 0 aromatic rings. The molecule has 0 saturated heterocycles. The lowest BCUT2D eigenvalue weighted by atomic mass is 10.1. The van der Waals surface area contributed by atoms with Gasteiger partial charge in [0.25, 0.3) is 0 Å². The van der Waals surface area contributed by atoms with Crippen LogP contribution in [0.5, 0.6) is 0 Å². The van der Waals surface area contributed by atoms with E-state index in [-0.39, 0.29) is 26.2 Å². The first-order chi connectivity index (χ1) is 16.7. The molecule has 1 amide bonds. The van der Waals surface area contributed by atoms with Gasteiger partial charge in [-0.25, -0.2) is 4.79 Å². The van der Waals surface area contributed by atoms with E-state index >= 15 is 0 Å². The van der Waals surface area contributed by atoms with Crippen LogP contribution < -0.4 is 5.32 Å². The maximum absolute atomic E-state index is 12.3. The van der Waals surface area contributed by atoms with Gasteiger partial charge < -0.3 is 36.0 Å². The summed E-state index contributed by atoms with van der Waals surface area (Å²) in [6, 6.07) is -1.52. The maximum Gasteiger partial charge on any atom is 0.326 e. The largest absolute Gasteiger partial charge is 0.481 e. The van der Waals surface area contributed by atoms with Crippen LogP contribution in [0.4, 0.5) is 0 Å². The zero-order chi connectivity index (χ0) is 27.8. The van der Waals surface area contributed by atoms with Gasteiger partial charge in [0.2, 0.25) is 5.91 Å². The molecule has 0 aliphatic carbocycles. The Hall–Kier alpha value is -3.83. The third-order valence-electron chi connectivity index (χ3n) is 4.55. The fraction of sp³-hybridized carbons (Fsp3) is 0.632. The molecular formula is C19H30N4O13. The number of carbonyl (C=O) groups excluding carboxylic acids is 1. The number of carboxylic acids is 6. The first kappa shape index (κ1) is 32.2. The van der Waals surface area contributed by atoms with Gasteiger partial charge >= 0.3 is 35.8 Å². The fourth-order valence-electron chi connectivity index (χ4n) is 3.00. The number of hydrogen-bond acceptors (Lipinski definition) is 10. The zero-order valence-electron chi connectivity index (χ0n) is 19.2. The normalized spacial score (nSPS) is 11.9. The third-order valence-corrected chi connectivity index (χ3v) is 4.55. The Labute approximate surface area is 204 Å².